The highest BCUT2D eigenvalue weighted by Crippen LogP contribution is 2.56. The van der Waals surface area contributed by atoms with Gasteiger partial charge in [0.1, 0.15) is 11.5 Å². The molecule has 0 N–H and O–H groups in total. The molecule has 0 fully saturated rings. The first kappa shape index (κ1) is 20.5. The van der Waals surface area contributed by atoms with E-state index in [0.29, 0.717) is 17.1 Å². The highest BCUT2D eigenvalue weighted by molar-refractivity contribution is 5.97. The summed E-state index contributed by atoms with van der Waals surface area (Å²) in [6.07, 6.45) is 0. The standard InChI is InChI=1S/C30H25NO3/c1-4-31(26-12-8-5-9-20(26)3)21-14-15-24-28(18-21)33-27-16-13-19(2)17-25(27)30(24)23-11-7-6-10-22(23)29(32)34-30/h5-18H,4H2,1-3H3. The second-order valence-electron chi connectivity index (χ2n) is 8.93. The second kappa shape index (κ2) is 7.49. The molecule has 0 aromatic heterocycles. The molecular formula is C30H25NO3. The number of fused-ring (bicyclic) bond motifs is 6. The Hall–Kier alpha value is -4.05. The molecule has 4 aromatic carbocycles. The zero-order chi connectivity index (χ0) is 23.4. The van der Waals surface area contributed by atoms with Crippen molar-refractivity contribution >= 4 is 17.3 Å². The fourth-order valence-electron chi connectivity index (χ4n) is 5.30. The lowest BCUT2D eigenvalue weighted by Crippen LogP contribution is -2.33. The molecule has 4 nitrogen and oxygen atoms in total. The Morgan fingerprint density at radius 1 is 0.794 bits per heavy atom. The number of benzene rings is 4. The van der Waals surface area contributed by atoms with Gasteiger partial charge in [-0.05, 0) is 62.7 Å². The van der Waals surface area contributed by atoms with Gasteiger partial charge in [0.05, 0.1) is 5.56 Å². The van der Waals surface area contributed by atoms with Crippen LogP contribution in [0.1, 0.15) is 45.1 Å². The van der Waals surface area contributed by atoms with E-state index in [4.69, 9.17) is 9.47 Å². The predicted octanol–water partition coefficient (Wildman–Crippen LogP) is 7.03. The summed E-state index contributed by atoms with van der Waals surface area (Å²) in [5.74, 6) is 1.10. The van der Waals surface area contributed by atoms with Crippen molar-refractivity contribution in [3.63, 3.8) is 0 Å². The largest absolute Gasteiger partial charge is 0.456 e. The van der Waals surface area contributed by atoms with Crippen LogP contribution in [0, 0.1) is 13.8 Å². The van der Waals surface area contributed by atoms with Gasteiger partial charge in [-0.25, -0.2) is 4.79 Å². The molecule has 0 bridgehead atoms. The molecule has 2 aliphatic rings. The van der Waals surface area contributed by atoms with Crippen LogP contribution in [0.3, 0.4) is 0 Å². The second-order valence-corrected chi connectivity index (χ2v) is 8.93. The summed E-state index contributed by atoms with van der Waals surface area (Å²) < 4.78 is 12.7. The number of para-hydroxylation sites is 1. The van der Waals surface area contributed by atoms with Crippen LogP contribution in [0.4, 0.5) is 11.4 Å². The molecule has 2 aliphatic heterocycles. The fourth-order valence-corrected chi connectivity index (χ4v) is 5.30. The fraction of sp³-hybridized carbons (Fsp3) is 0.167. The molecule has 4 aromatic rings. The molecule has 0 saturated carbocycles. The maximum atomic E-state index is 13.0. The van der Waals surface area contributed by atoms with Gasteiger partial charge in [-0.15, -0.1) is 0 Å². The summed E-state index contributed by atoms with van der Waals surface area (Å²) in [5, 5.41) is 0. The third-order valence-electron chi connectivity index (χ3n) is 6.88. The average Bonchev–Trinajstić information content (AvgIpc) is 3.14. The molecule has 0 amide bonds. The van der Waals surface area contributed by atoms with Crippen molar-refractivity contribution in [2.24, 2.45) is 0 Å². The summed E-state index contributed by atoms with van der Waals surface area (Å²) in [6.45, 7) is 7.11. The number of ether oxygens (including phenoxy) is 2. The number of esters is 1. The molecule has 1 atom stereocenters. The van der Waals surface area contributed by atoms with Crippen molar-refractivity contribution in [2.45, 2.75) is 26.4 Å². The Labute approximate surface area is 199 Å². The Bertz CT molecular complexity index is 1460. The molecule has 0 radical (unpaired) electrons. The molecule has 1 spiro atoms. The monoisotopic (exact) mass is 447 g/mol. The van der Waals surface area contributed by atoms with Gasteiger partial charge < -0.3 is 14.4 Å². The maximum absolute atomic E-state index is 13.0. The molecule has 0 aliphatic carbocycles. The zero-order valence-corrected chi connectivity index (χ0v) is 19.5. The van der Waals surface area contributed by atoms with E-state index in [-0.39, 0.29) is 5.97 Å². The van der Waals surface area contributed by atoms with Gasteiger partial charge in [0, 0.05) is 40.7 Å². The van der Waals surface area contributed by atoms with E-state index in [1.165, 1.54) is 5.56 Å². The number of carbonyl (C=O) groups is 1. The number of hydrogen-bond acceptors (Lipinski definition) is 4. The normalized spacial score (nSPS) is 17.4. The number of aryl methyl sites for hydroxylation is 2. The van der Waals surface area contributed by atoms with Crippen LogP contribution in [0.25, 0.3) is 0 Å². The molecule has 2 heterocycles. The van der Waals surface area contributed by atoms with Crippen LogP contribution < -0.4 is 9.64 Å². The summed E-state index contributed by atoms with van der Waals surface area (Å²) in [5.41, 5.74) is 6.60. The van der Waals surface area contributed by atoms with Crippen molar-refractivity contribution in [2.75, 3.05) is 11.4 Å². The predicted molar refractivity (Wildman–Crippen MR) is 133 cm³/mol. The van der Waals surface area contributed by atoms with Gasteiger partial charge in [-0.2, -0.15) is 0 Å². The quantitative estimate of drug-likeness (QED) is 0.316. The lowest BCUT2D eigenvalue weighted by Gasteiger charge is -2.37. The summed E-state index contributed by atoms with van der Waals surface area (Å²) >= 11 is 0. The van der Waals surface area contributed by atoms with E-state index in [1.54, 1.807) is 0 Å². The van der Waals surface area contributed by atoms with E-state index >= 15 is 0 Å². The third-order valence-corrected chi connectivity index (χ3v) is 6.88. The molecule has 0 saturated heterocycles. The Balaban J connectivity index is 1.58. The van der Waals surface area contributed by atoms with Crippen LogP contribution in [0.5, 0.6) is 11.5 Å². The minimum Gasteiger partial charge on any atom is -0.456 e. The molecule has 4 heteroatoms. The van der Waals surface area contributed by atoms with Gasteiger partial charge in [0.15, 0.2) is 5.60 Å². The zero-order valence-electron chi connectivity index (χ0n) is 19.5. The lowest BCUT2D eigenvalue weighted by molar-refractivity contribution is 0.0224. The summed E-state index contributed by atoms with van der Waals surface area (Å²) in [6, 6.07) is 28.3. The number of anilines is 2. The van der Waals surface area contributed by atoms with E-state index in [9.17, 15) is 4.79 Å². The maximum Gasteiger partial charge on any atom is 0.340 e. The summed E-state index contributed by atoms with van der Waals surface area (Å²) in [7, 11) is 0. The first-order valence-corrected chi connectivity index (χ1v) is 11.6. The number of hydrogen-bond donors (Lipinski definition) is 0. The first-order chi connectivity index (χ1) is 16.5. The van der Waals surface area contributed by atoms with Gasteiger partial charge in [0.2, 0.25) is 0 Å². The van der Waals surface area contributed by atoms with E-state index < -0.39 is 5.60 Å². The Kier molecular flexibility index (Phi) is 4.53. The SMILES string of the molecule is CCN(c1ccc2c(c1)Oc1ccc(C)cc1C21OC(=O)c2ccccc21)c1ccccc1C. The van der Waals surface area contributed by atoms with Gasteiger partial charge in [-0.1, -0.05) is 48.0 Å². The van der Waals surface area contributed by atoms with Crippen molar-refractivity contribution in [1.29, 1.82) is 0 Å². The molecule has 168 valence electrons. The van der Waals surface area contributed by atoms with Crippen LogP contribution in [0.15, 0.2) is 84.9 Å². The summed E-state index contributed by atoms with van der Waals surface area (Å²) in [4.78, 5) is 15.3. The highest BCUT2D eigenvalue weighted by atomic mass is 16.6. The van der Waals surface area contributed by atoms with E-state index in [2.05, 4.69) is 61.2 Å². The van der Waals surface area contributed by atoms with E-state index in [0.717, 1.165) is 40.2 Å². The van der Waals surface area contributed by atoms with Gasteiger partial charge in [0.25, 0.3) is 0 Å². The first-order valence-electron chi connectivity index (χ1n) is 11.6. The van der Waals surface area contributed by atoms with Crippen molar-refractivity contribution < 1.29 is 14.3 Å². The average molecular weight is 448 g/mol. The van der Waals surface area contributed by atoms with Crippen molar-refractivity contribution in [1.82, 2.24) is 0 Å². The van der Waals surface area contributed by atoms with Crippen LogP contribution >= 0.6 is 0 Å². The third kappa shape index (κ3) is 2.81. The Morgan fingerprint density at radius 3 is 2.41 bits per heavy atom. The molecule has 6 rings (SSSR count). The smallest absolute Gasteiger partial charge is 0.340 e. The highest BCUT2D eigenvalue weighted by Gasteiger charge is 2.53. The minimum atomic E-state index is -1.03. The minimum absolute atomic E-state index is 0.310. The molecule has 34 heavy (non-hydrogen) atoms. The number of nitrogens with zero attached hydrogens (tertiary/aromatic N) is 1. The molecule has 1 unspecified atom stereocenters. The van der Waals surface area contributed by atoms with Gasteiger partial charge in [-0.3, -0.25) is 0 Å². The topological polar surface area (TPSA) is 38.8 Å². The Morgan fingerprint density at radius 2 is 1.59 bits per heavy atom. The van der Waals surface area contributed by atoms with Crippen LogP contribution in [0.2, 0.25) is 0 Å². The molecular weight excluding hydrogens is 422 g/mol. The van der Waals surface area contributed by atoms with Crippen LogP contribution in [-0.2, 0) is 10.3 Å². The number of carbonyl (C=O) groups excluding carboxylic acids is 1. The van der Waals surface area contributed by atoms with Crippen molar-refractivity contribution in [3.8, 4) is 11.5 Å². The van der Waals surface area contributed by atoms with Crippen molar-refractivity contribution in [3.05, 3.63) is 118 Å². The van der Waals surface area contributed by atoms with Crippen LogP contribution in [-0.4, -0.2) is 12.5 Å². The lowest BCUT2D eigenvalue weighted by atomic mass is 9.77. The van der Waals surface area contributed by atoms with Gasteiger partial charge >= 0.3 is 5.97 Å². The van der Waals surface area contributed by atoms with E-state index in [1.807, 2.05) is 49.4 Å². The number of rotatable bonds is 3.